The van der Waals surface area contributed by atoms with Gasteiger partial charge in [0, 0.05) is 29.9 Å². The SMILES string of the molecule is COC(=O)c1cc(C(=O)N2CCc3c(Cl)cccc3C2)ccn1. The molecule has 0 spiro atoms. The van der Waals surface area contributed by atoms with Crippen LogP contribution in [0.3, 0.4) is 0 Å². The van der Waals surface area contributed by atoms with Crippen molar-refractivity contribution in [3.63, 3.8) is 0 Å². The van der Waals surface area contributed by atoms with Crippen LogP contribution in [0, 0.1) is 0 Å². The van der Waals surface area contributed by atoms with Crippen LogP contribution in [-0.2, 0) is 17.7 Å². The van der Waals surface area contributed by atoms with Crippen LogP contribution in [0.4, 0.5) is 0 Å². The van der Waals surface area contributed by atoms with Gasteiger partial charge in [-0.1, -0.05) is 23.7 Å². The van der Waals surface area contributed by atoms with Crippen LogP contribution in [0.1, 0.15) is 32.0 Å². The van der Waals surface area contributed by atoms with Crippen LogP contribution >= 0.6 is 11.6 Å². The Kier molecular flexibility index (Phi) is 4.30. The van der Waals surface area contributed by atoms with Crippen molar-refractivity contribution in [3.05, 3.63) is 63.9 Å². The van der Waals surface area contributed by atoms with Crippen molar-refractivity contribution >= 4 is 23.5 Å². The van der Waals surface area contributed by atoms with Crippen LogP contribution in [0.2, 0.25) is 5.02 Å². The van der Waals surface area contributed by atoms with Gasteiger partial charge in [0.2, 0.25) is 0 Å². The number of carbonyl (C=O) groups is 2. The van der Waals surface area contributed by atoms with Crippen LogP contribution in [0.5, 0.6) is 0 Å². The molecule has 0 fully saturated rings. The number of carbonyl (C=O) groups excluding carboxylic acids is 2. The minimum atomic E-state index is -0.560. The Morgan fingerprint density at radius 2 is 2.13 bits per heavy atom. The molecule has 6 heteroatoms. The van der Waals surface area contributed by atoms with Crippen molar-refractivity contribution in [1.29, 1.82) is 0 Å². The maximum absolute atomic E-state index is 12.7. The normalized spacial score (nSPS) is 13.4. The summed E-state index contributed by atoms with van der Waals surface area (Å²) in [5.74, 6) is -0.696. The minimum absolute atomic E-state index is 0.124. The lowest BCUT2D eigenvalue weighted by molar-refractivity contribution is 0.0594. The van der Waals surface area contributed by atoms with Gasteiger partial charge < -0.3 is 9.64 Å². The second-order valence-electron chi connectivity index (χ2n) is 5.28. The quantitative estimate of drug-likeness (QED) is 0.794. The molecule has 0 aliphatic carbocycles. The maximum Gasteiger partial charge on any atom is 0.356 e. The maximum atomic E-state index is 12.7. The lowest BCUT2D eigenvalue weighted by Crippen LogP contribution is -2.36. The highest BCUT2D eigenvalue weighted by atomic mass is 35.5. The monoisotopic (exact) mass is 330 g/mol. The van der Waals surface area contributed by atoms with Crippen LogP contribution < -0.4 is 0 Å². The van der Waals surface area contributed by atoms with E-state index < -0.39 is 5.97 Å². The van der Waals surface area contributed by atoms with Gasteiger partial charge in [0.1, 0.15) is 5.69 Å². The third-order valence-electron chi connectivity index (χ3n) is 3.90. The fraction of sp³-hybridized carbons (Fsp3) is 0.235. The number of amides is 1. The molecule has 1 aromatic carbocycles. The molecule has 2 heterocycles. The van der Waals surface area contributed by atoms with E-state index >= 15 is 0 Å². The summed E-state index contributed by atoms with van der Waals surface area (Å²) in [6.07, 6.45) is 2.16. The molecule has 1 aliphatic rings. The molecule has 0 atom stereocenters. The van der Waals surface area contributed by atoms with E-state index in [4.69, 9.17) is 11.6 Å². The third-order valence-corrected chi connectivity index (χ3v) is 4.25. The van der Waals surface area contributed by atoms with Crippen molar-refractivity contribution in [1.82, 2.24) is 9.88 Å². The lowest BCUT2D eigenvalue weighted by atomic mass is 9.99. The lowest BCUT2D eigenvalue weighted by Gasteiger charge is -2.29. The number of halogens is 1. The molecule has 0 saturated heterocycles. The fourth-order valence-corrected chi connectivity index (χ4v) is 2.99. The van der Waals surface area contributed by atoms with Crippen molar-refractivity contribution < 1.29 is 14.3 Å². The highest BCUT2D eigenvalue weighted by Crippen LogP contribution is 2.26. The first-order valence-electron chi connectivity index (χ1n) is 7.20. The Morgan fingerprint density at radius 3 is 2.91 bits per heavy atom. The summed E-state index contributed by atoms with van der Waals surface area (Å²) in [6.45, 7) is 1.09. The van der Waals surface area contributed by atoms with Gasteiger partial charge in [0.25, 0.3) is 5.91 Å². The summed E-state index contributed by atoms with van der Waals surface area (Å²) in [6, 6.07) is 8.79. The molecule has 1 aromatic heterocycles. The van der Waals surface area contributed by atoms with Gasteiger partial charge in [-0.25, -0.2) is 9.78 Å². The summed E-state index contributed by atoms with van der Waals surface area (Å²) >= 11 is 6.19. The van der Waals surface area contributed by atoms with Crippen LogP contribution in [0.15, 0.2) is 36.5 Å². The van der Waals surface area contributed by atoms with Gasteiger partial charge in [-0.2, -0.15) is 0 Å². The van der Waals surface area contributed by atoms with Gasteiger partial charge in [0.05, 0.1) is 7.11 Å². The fourth-order valence-electron chi connectivity index (χ4n) is 2.70. The van der Waals surface area contributed by atoms with Gasteiger partial charge in [0.15, 0.2) is 0 Å². The molecule has 0 N–H and O–H groups in total. The number of aromatic nitrogens is 1. The summed E-state index contributed by atoms with van der Waals surface area (Å²) in [7, 11) is 1.28. The van der Waals surface area contributed by atoms with Gasteiger partial charge in [-0.15, -0.1) is 0 Å². The molecule has 1 amide bonds. The van der Waals surface area contributed by atoms with Crippen molar-refractivity contribution in [2.75, 3.05) is 13.7 Å². The number of benzene rings is 1. The number of ether oxygens (including phenoxy) is 1. The molecule has 23 heavy (non-hydrogen) atoms. The second-order valence-corrected chi connectivity index (χ2v) is 5.68. The topological polar surface area (TPSA) is 59.5 Å². The third kappa shape index (κ3) is 3.05. The molecular weight excluding hydrogens is 316 g/mol. The number of esters is 1. The van der Waals surface area contributed by atoms with Gasteiger partial charge >= 0.3 is 5.97 Å². The van der Waals surface area contributed by atoms with Gasteiger partial charge in [-0.05, 0) is 35.7 Å². The van der Waals surface area contributed by atoms with E-state index in [0.29, 0.717) is 18.7 Å². The van der Waals surface area contributed by atoms with E-state index in [1.807, 2.05) is 18.2 Å². The van der Waals surface area contributed by atoms with E-state index in [9.17, 15) is 9.59 Å². The molecule has 1 aliphatic heterocycles. The van der Waals surface area contributed by atoms with E-state index in [1.165, 1.54) is 19.4 Å². The zero-order valence-electron chi connectivity index (χ0n) is 12.6. The zero-order chi connectivity index (χ0) is 16.4. The second kappa shape index (κ2) is 6.38. The minimum Gasteiger partial charge on any atom is -0.464 e. The average molecular weight is 331 g/mol. The number of pyridine rings is 1. The predicted octanol–water partition coefficient (Wildman–Crippen LogP) is 2.72. The largest absolute Gasteiger partial charge is 0.464 e. The first-order chi connectivity index (χ1) is 11.1. The number of fused-ring (bicyclic) bond motifs is 1. The molecule has 3 rings (SSSR count). The molecule has 2 aromatic rings. The summed E-state index contributed by atoms with van der Waals surface area (Å²) in [4.78, 5) is 29.9. The van der Waals surface area contributed by atoms with Crippen LogP contribution in [0.25, 0.3) is 0 Å². The van der Waals surface area contributed by atoms with Crippen molar-refractivity contribution in [3.8, 4) is 0 Å². The van der Waals surface area contributed by atoms with E-state index in [0.717, 1.165) is 22.6 Å². The Balaban J connectivity index is 1.83. The molecule has 5 nitrogen and oxygen atoms in total. The highest BCUT2D eigenvalue weighted by Gasteiger charge is 2.23. The molecule has 0 saturated carbocycles. The molecule has 118 valence electrons. The number of hydrogen-bond acceptors (Lipinski definition) is 4. The van der Waals surface area contributed by atoms with E-state index in [1.54, 1.807) is 11.0 Å². The zero-order valence-corrected chi connectivity index (χ0v) is 13.3. The van der Waals surface area contributed by atoms with E-state index in [2.05, 4.69) is 9.72 Å². The predicted molar refractivity (Wildman–Crippen MR) is 85.5 cm³/mol. The smallest absolute Gasteiger partial charge is 0.356 e. The Bertz CT molecular complexity index is 776. The molecule has 0 radical (unpaired) electrons. The number of rotatable bonds is 2. The average Bonchev–Trinajstić information content (AvgIpc) is 2.60. The summed E-state index contributed by atoms with van der Waals surface area (Å²) < 4.78 is 4.64. The van der Waals surface area contributed by atoms with E-state index in [-0.39, 0.29) is 11.6 Å². The Hall–Kier alpha value is -2.40. The molecule has 0 unspecified atom stereocenters. The molecular formula is C17H15ClN2O3. The van der Waals surface area contributed by atoms with Gasteiger partial charge in [-0.3, -0.25) is 4.79 Å². The number of methoxy groups -OCH3 is 1. The Labute approximate surface area is 138 Å². The summed E-state index contributed by atoms with van der Waals surface area (Å²) in [5.41, 5.74) is 2.70. The number of hydrogen-bond donors (Lipinski definition) is 0. The standard InChI is InChI=1S/C17H15ClN2O3/c1-23-17(22)15-9-11(5-7-19-15)16(21)20-8-6-13-12(10-20)3-2-4-14(13)18/h2-5,7,9H,6,8,10H2,1H3. The Morgan fingerprint density at radius 1 is 1.30 bits per heavy atom. The number of nitrogens with zero attached hydrogens (tertiary/aromatic N) is 2. The highest BCUT2D eigenvalue weighted by molar-refractivity contribution is 6.31. The van der Waals surface area contributed by atoms with Crippen molar-refractivity contribution in [2.45, 2.75) is 13.0 Å². The van der Waals surface area contributed by atoms with Crippen molar-refractivity contribution in [2.24, 2.45) is 0 Å². The molecule has 0 bridgehead atoms. The summed E-state index contributed by atoms with van der Waals surface area (Å²) in [5, 5.41) is 0.742. The first kappa shape index (κ1) is 15.5. The van der Waals surface area contributed by atoms with Crippen LogP contribution in [-0.4, -0.2) is 35.4 Å². The first-order valence-corrected chi connectivity index (χ1v) is 7.58.